The van der Waals surface area contributed by atoms with Gasteiger partial charge in [-0.2, -0.15) is 0 Å². The van der Waals surface area contributed by atoms with E-state index in [0.717, 1.165) is 12.0 Å². The van der Waals surface area contributed by atoms with E-state index in [-0.39, 0.29) is 11.8 Å². The number of benzene rings is 1. The number of cyclic esters (lactones) is 1. The first-order chi connectivity index (χ1) is 8.15. The Morgan fingerprint density at radius 3 is 2.82 bits per heavy atom. The van der Waals surface area contributed by atoms with Gasteiger partial charge in [0.05, 0.1) is 5.56 Å². The molecule has 1 heterocycles. The fraction of sp³-hybridized carbons (Fsp3) is 0.429. The molecule has 17 heavy (non-hydrogen) atoms. The first-order valence-corrected chi connectivity index (χ1v) is 6.01. The number of Topliss-reactive ketones (excluding diaryl/α,β-unsaturated/α-hetero) is 1. The predicted molar refractivity (Wildman–Crippen MR) is 64.0 cm³/mol. The van der Waals surface area contributed by atoms with Crippen LogP contribution >= 0.6 is 0 Å². The summed E-state index contributed by atoms with van der Waals surface area (Å²) in [4.78, 5) is 23.3. The molecule has 0 radical (unpaired) electrons. The number of hydrogen-bond acceptors (Lipinski definition) is 3. The number of carbonyl (C=O) groups excluding carboxylic acids is 2. The normalized spacial score (nSPS) is 18.5. The van der Waals surface area contributed by atoms with Gasteiger partial charge in [0.1, 0.15) is 0 Å². The maximum Gasteiger partial charge on any atom is 0.339 e. The molecule has 0 saturated carbocycles. The Morgan fingerprint density at radius 2 is 2.18 bits per heavy atom. The van der Waals surface area contributed by atoms with Gasteiger partial charge in [0.2, 0.25) is 0 Å². The van der Waals surface area contributed by atoms with E-state index in [9.17, 15) is 9.59 Å². The van der Waals surface area contributed by atoms with Crippen molar-refractivity contribution in [2.75, 3.05) is 0 Å². The summed E-state index contributed by atoms with van der Waals surface area (Å²) in [6.07, 6.45) is 1.25. The first kappa shape index (κ1) is 11.8. The molecule has 0 aliphatic carbocycles. The van der Waals surface area contributed by atoms with Gasteiger partial charge in [-0.15, -0.1) is 0 Å². The maximum atomic E-state index is 11.7. The highest BCUT2D eigenvalue weighted by atomic mass is 16.5. The van der Waals surface area contributed by atoms with E-state index in [1.807, 2.05) is 12.1 Å². The van der Waals surface area contributed by atoms with Gasteiger partial charge < -0.3 is 4.74 Å². The molecule has 1 aliphatic rings. The lowest BCUT2D eigenvalue weighted by Gasteiger charge is -2.23. The Balaban J connectivity index is 2.33. The third-order valence-electron chi connectivity index (χ3n) is 3.16. The highest BCUT2D eigenvalue weighted by Crippen LogP contribution is 2.23. The quantitative estimate of drug-likeness (QED) is 0.751. The minimum atomic E-state index is -0.591. The Morgan fingerprint density at radius 1 is 1.41 bits per heavy atom. The van der Waals surface area contributed by atoms with Crippen molar-refractivity contribution in [2.24, 2.45) is 0 Å². The minimum absolute atomic E-state index is 0.00842. The van der Waals surface area contributed by atoms with E-state index in [0.29, 0.717) is 18.4 Å². The van der Waals surface area contributed by atoms with E-state index in [4.69, 9.17) is 4.74 Å². The summed E-state index contributed by atoms with van der Waals surface area (Å²) in [5.74, 6) is -0.383. The molecule has 0 fully saturated rings. The fourth-order valence-corrected chi connectivity index (χ4v) is 2.08. The van der Waals surface area contributed by atoms with E-state index in [1.165, 1.54) is 5.56 Å². The second-order valence-corrected chi connectivity index (χ2v) is 4.26. The summed E-state index contributed by atoms with van der Waals surface area (Å²) >= 11 is 0. The van der Waals surface area contributed by atoms with Gasteiger partial charge in [-0.25, -0.2) is 4.79 Å². The molecule has 0 spiro atoms. The van der Waals surface area contributed by atoms with Gasteiger partial charge in [0.15, 0.2) is 11.9 Å². The molecule has 1 aliphatic heterocycles. The Labute approximate surface area is 101 Å². The smallest absolute Gasteiger partial charge is 0.339 e. The maximum absolute atomic E-state index is 11.7. The Bertz CT molecular complexity index is 463. The van der Waals surface area contributed by atoms with Crippen molar-refractivity contribution >= 4 is 11.8 Å². The molecular formula is C14H16O3. The molecule has 0 amide bonds. The zero-order valence-electron chi connectivity index (χ0n) is 10.2. The summed E-state index contributed by atoms with van der Waals surface area (Å²) in [7, 11) is 0. The number of hydrogen-bond donors (Lipinski definition) is 0. The number of rotatable bonds is 3. The molecule has 1 unspecified atom stereocenters. The van der Waals surface area contributed by atoms with E-state index < -0.39 is 6.10 Å². The fourth-order valence-electron chi connectivity index (χ4n) is 2.08. The third-order valence-corrected chi connectivity index (χ3v) is 3.16. The van der Waals surface area contributed by atoms with Gasteiger partial charge in [0, 0.05) is 12.8 Å². The molecule has 90 valence electrons. The SMILES string of the molecule is CCC(=O)C1Cc2cc(CC)ccc2C(=O)O1. The third kappa shape index (κ3) is 2.23. The lowest BCUT2D eigenvalue weighted by Crippen LogP contribution is -2.34. The number of esters is 1. The number of carbonyl (C=O) groups is 2. The van der Waals surface area contributed by atoms with Gasteiger partial charge in [-0.05, 0) is 23.6 Å². The zero-order chi connectivity index (χ0) is 12.4. The van der Waals surface area contributed by atoms with Crippen molar-refractivity contribution in [3.63, 3.8) is 0 Å². The van der Waals surface area contributed by atoms with E-state index in [2.05, 4.69) is 6.92 Å². The Hall–Kier alpha value is -1.64. The van der Waals surface area contributed by atoms with Crippen molar-refractivity contribution in [2.45, 2.75) is 39.2 Å². The monoisotopic (exact) mass is 232 g/mol. The van der Waals surface area contributed by atoms with Crippen LogP contribution in [0.25, 0.3) is 0 Å². The summed E-state index contributed by atoms with van der Waals surface area (Å²) in [6, 6.07) is 5.73. The van der Waals surface area contributed by atoms with Gasteiger partial charge in [0.25, 0.3) is 0 Å². The van der Waals surface area contributed by atoms with Crippen LogP contribution in [-0.4, -0.2) is 17.9 Å². The van der Waals surface area contributed by atoms with Gasteiger partial charge in [-0.3, -0.25) is 4.79 Å². The average molecular weight is 232 g/mol. The van der Waals surface area contributed by atoms with Gasteiger partial charge in [-0.1, -0.05) is 26.0 Å². The molecule has 1 aromatic carbocycles. The lowest BCUT2D eigenvalue weighted by molar-refractivity contribution is -0.127. The van der Waals surface area contributed by atoms with Crippen molar-refractivity contribution in [1.29, 1.82) is 0 Å². The Kier molecular flexibility index (Phi) is 3.27. The van der Waals surface area contributed by atoms with Crippen molar-refractivity contribution in [3.8, 4) is 0 Å². The van der Waals surface area contributed by atoms with Crippen molar-refractivity contribution in [1.82, 2.24) is 0 Å². The highest BCUT2D eigenvalue weighted by Gasteiger charge is 2.30. The number of aryl methyl sites for hydroxylation is 1. The molecule has 1 atom stereocenters. The van der Waals surface area contributed by atoms with Crippen LogP contribution in [0.1, 0.15) is 41.8 Å². The van der Waals surface area contributed by atoms with Crippen LogP contribution in [0.15, 0.2) is 18.2 Å². The number of ether oxygens (including phenoxy) is 1. The van der Waals surface area contributed by atoms with Crippen LogP contribution in [0.5, 0.6) is 0 Å². The molecule has 0 saturated heterocycles. The summed E-state index contributed by atoms with van der Waals surface area (Å²) < 4.78 is 5.15. The molecule has 3 heteroatoms. The number of ketones is 1. The highest BCUT2D eigenvalue weighted by molar-refractivity contribution is 5.96. The van der Waals surface area contributed by atoms with Crippen LogP contribution in [0.3, 0.4) is 0 Å². The standard InChI is InChI=1S/C14H16O3/c1-3-9-5-6-11-10(7-9)8-13(12(15)4-2)17-14(11)16/h5-7,13H,3-4,8H2,1-2H3. The second kappa shape index (κ2) is 4.70. The molecule has 3 nitrogen and oxygen atoms in total. The lowest BCUT2D eigenvalue weighted by atomic mass is 9.93. The van der Waals surface area contributed by atoms with Crippen LogP contribution in [0.2, 0.25) is 0 Å². The summed E-state index contributed by atoms with van der Waals surface area (Å²) in [5, 5.41) is 0. The summed E-state index contributed by atoms with van der Waals surface area (Å²) in [6.45, 7) is 3.85. The van der Waals surface area contributed by atoms with E-state index >= 15 is 0 Å². The zero-order valence-corrected chi connectivity index (χ0v) is 10.2. The molecule has 0 bridgehead atoms. The summed E-state index contributed by atoms with van der Waals surface area (Å²) in [5.41, 5.74) is 2.72. The second-order valence-electron chi connectivity index (χ2n) is 4.26. The van der Waals surface area contributed by atoms with Crippen molar-refractivity contribution < 1.29 is 14.3 Å². The molecule has 1 aromatic rings. The topological polar surface area (TPSA) is 43.4 Å². The van der Waals surface area contributed by atoms with Crippen LogP contribution in [0, 0.1) is 0 Å². The molecule has 2 rings (SSSR count). The first-order valence-electron chi connectivity index (χ1n) is 6.01. The predicted octanol–water partition coefficient (Wildman–Crippen LogP) is 2.31. The van der Waals surface area contributed by atoms with Crippen LogP contribution in [-0.2, 0) is 22.4 Å². The average Bonchev–Trinajstić information content (AvgIpc) is 2.36. The van der Waals surface area contributed by atoms with E-state index in [1.54, 1.807) is 13.0 Å². The number of fused-ring (bicyclic) bond motifs is 1. The van der Waals surface area contributed by atoms with Crippen LogP contribution in [0.4, 0.5) is 0 Å². The largest absolute Gasteiger partial charge is 0.450 e. The van der Waals surface area contributed by atoms with Gasteiger partial charge >= 0.3 is 5.97 Å². The molecule has 0 N–H and O–H groups in total. The van der Waals surface area contributed by atoms with Crippen LogP contribution < -0.4 is 0 Å². The minimum Gasteiger partial charge on any atom is -0.450 e. The molecular weight excluding hydrogens is 216 g/mol. The van der Waals surface area contributed by atoms with Crippen molar-refractivity contribution in [3.05, 3.63) is 34.9 Å². The molecule has 0 aromatic heterocycles.